The zero-order valence-corrected chi connectivity index (χ0v) is 39.4. The van der Waals surface area contributed by atoms with E-state index in [-0.39, 0.29) is 0 Å². The minimum absolute atomic E-state index is 0.457. The first-order valence-corrected chi connectivity index (χ1v) is 25.3. The molecule has 11 aromatic rings. The minimum Gasteiger partial charge on any atom is -0.457 e. The molecule has 0 bridgehead atoms. The maximum Gasteiger partial charge on any atom is 0.132 e. The van der Waals surface area contributed by atoms with Gasteiger partial charge in [0.25, 0.3) is 0 Å². The van der Waals surface area contributed by atoms with E-state index < -0.39 is 10.8 Å². The Bertz CT molecular complexity index is 3860. The van der Waals surface area contributed by atoms with Crippen LogP contribution in [0.2, 0.25) is 0 Å². The van der Waals surface area contributed by atoms with Crippen LogP contribution in [0.3, 0.4) is 0 Å². The molecule has 332 valence electrons. The van der Waals surface area contributed by atoms with Gasteiger partial charge in [0.2, 0.25) is 0 Å². The molecule has 2 aliphatic heterocycles. The number of benzene rings is 11. The number of rotatable bonds is 5. The summed E-state index contributed by atoms with van der Waals surface area (Å²) in [5, 5.41) is 0. The molecule has 0 saturated carbocycles. The van der Waals surface area contributed by atoms with Crippen LogP contribution in [-0.4, -0.2) is 0 Å². The summed E-state index contributed by atoms with van der Waals surface area (Å²) in [6, 6.07) is 96.5. The molecule has 4 aliphatic rings. The van der Waals surface area contributed by atoms with Crippen molar-refractivity contribution in [3.05, 3.63) is 305 Å². The Hall–Kier alpha value is -8.63. The molecular weight excluding hydrogens is 879 g/mol. The predicted octanol–water partition coefficient (Wildman–Crippen LogP) is 17.8. The molecule has 11 aromatic carbocycles. The summed E-state index contributed by atoms with van der Waals surface area (Å²) in [5.41, 5.74) is 22.3. The van der Waals surface area contributed by atoms with Gasteiger partial charge in [0.1, 0.15) is 11.5 Å². The first-order chi connectivity index (χ1) is 35.2. The van der Waals surface area contributed by atoms with Gasteiger partial charge in [0.05, 0.1) is 10.8 Å². The zero-order chi connectivity index (χ0) is 46.7. The summed E-state index contributed by atoms with van der Waals surface area (Å²) in [7, 11) is 0. The lowest BCUT2D eigenvalue weighted by Crippen LogP contribution is -2.32. The fourth-order valence-corrected chi connectivity index (χ4v) is 13.9. The summed E-state index contributed by atoms with van der Waals surface area (Å²) in [6.45, 7) is 0. The van der Waals surface area contributed by atoms with Gasteiger partial charge in [-0.3, -0.25) is 0 Å². The highest BCUT2D eigenvalue weighted by atomic mass is 32.2. The molecule has 0 aromatic heterocycles. The second-order valence-electron chi connectivity index (χ2n) is 19.1. The van der Waals surface area contributed by atoms with Crippen LogP contribution in [0.4, 0.5) is 17.1 Å². The number of hydrogen-bond donors (Lipinski definition) is 0. The van der Waals surface area contributed by atoms with Gasteiger partial charge < -0.3 is 9.64 Å². The van der Waals surface area contributed by atoms with Crippen molar-refractivity contribution in [2.45, 2.75) is 20.6 Å². The number of nitrogens with zero attached hydrogens (tertiary/aromatic N) is 1. The summed E-state index contributed by atoms with van der Waals surface area (Å²) in [6.07, 6.45) is 0. The molecule has 0 unspecified atom stereocenters. The molecule has 2 heterocycles. The number of anilines is 3. The Kier molecular flexibility index (Phi) is 8.76. The van der Waals surface area contributed by atoms with Crippen LogP contribution in [0, 0.1) is 0 Å². The Morgan fingerprint density at radius 3 is 1.25 bits per heavy atom. The van der Waals surface area contributed by atoms with Gasteiger partial charge in [-0.05, 0) is 132 Å². The normalized spacial score (nSPS) is 14.2. The molecule has 0 amide bonds. The zero-order valence-electron chi connectivity index (χ0n) is 38.6. The summed E-state index contributed by atoms with van der Waals surface area (Å²) < 4.78 is 6.74. The highest BCUT2D eigenvalue weighted by Crippen LogP contribution is 2.65. The van der Waals surface area contributed by atoms with Crippen molar-refractivity contribution >= 4 is 28.8 Å². The molecule has 0 N–H and O–H groups in total. The van der Waals surface area contributed by atoms with Crippen molar-refractivity contribution in [1.82, 2.24) is 0 Å². The van der Waals surface area contributed by atoms with Gasteiger partial charge in [-0.15, -0.1) is 0 Å². The quantitative estimate of drug-likeness (QED) is 0.171. The van der Waals surface area contributed by atoms with E-state index in [0.717, 1.165) is 39.7 Å². The second-order valence-corrected chi connectivity index (χ2v) is 20.1. The average molecular weight is 922 g/mol. The maximum atomic E-state index is 6.74. The first-order valence-electron chi connectivity index (χ1n) is 24.5. The van der Waals surface area contributed by atoms with E-state index in [4.69, 9.17) is 4.74 Å². The van der Waals surface area contributed by atoms with Crippen molar-refractivity contribution in [3.8, 4) is 56.0 Å². The molecule has 2 spiro atoms. The highest BCUT2D eigenvalue weighted by molar-refractivity contribution is 7.99. The molecule has 2 aliphatic carbocycles. The Balaban J connectivity index is 0.942. The van der Waals surface area contributed by atoms with E-state index in [2.05, 4.69) is 266 Å². The molecule has 0 fully saturated rings. The Labute approximate surface area is 418 Å². The average Bonchev–Trinajstić information content (AvgIpc) is 3.90. The Morgan fingerprint density at radius 1 is 0.268 bits per heavy atom. The largest absolute Gasteiger partial charge is 0.457 e. The third kappa shape index (κ3) is 5.67. The van der Waals surface area contributed by atoms with Crippen LogP contribution < -0.4 is 9.64 Å². The molecular formula is C68H43NOS. The van der Waals surface area contributed by atoms with Crippen LogP contribution in [-0.2, 0) is 10.8 Å². The van der Waals surface area contributed by atoms with Crippen LogP contribution in [0.5, 0.6) is 11.5 Å². The van der Waals surface area contributed by atoms with E-state index in [1.54, 1.807) is 0 Å². The predicted molar refractivity (Wildman–Crippen MR) is 291 cm³/mol. The van der Waals surface area contributed by atoms with E-state index >= 15 is 0 Å². The van der Waals surface area contributed by atoms with Gasteiger partial charge in [-0.25, -0.2) is 0 Å². The lowest BCUT2D eigenvalue weighted by atomic mass is 9.66. The molecule has 3 heteroatoms. The fourth-order valence-electron chi connectivity index (χ4n) is 12.7. The van der Waals surface area contributed by atoms with Crippen molar-refractivity contribution in [2.24, 2.45) is 0 Å². The smallest absolute Gasteiger partial charge is 0.132 e. The molecule has 0 atom stereocenters. The van der Waals surface area contributed by atoms with Gasteiger partial charge >= 0.3 is 0 Å². The van der Waals surface area contributed by atoms with Crippen molar-refractivity contribution in [3.63, 3.8) is 0 Å². The van der Waals surface area contributed by atoms with Crippen molar-refractivity contribution in [2.75, 3.05) is 4.90 Å². The maximum absolute atomic E-state index is 6.74. The Morgan fingerprint density at radius 2 is 0.662 bits per heavy atom. The summed E-state index contributed by atoms with van der Waals surface area (Å²) in [4.78, 5) is 5.01. The monoisotopic (exact) mass is 921 g/mol. The molecule has 0 radical (unpaired) electrons. The molecule has 15 rings (SSSR count). The number of hydrogen-bond acceptors (Lipinski definition) is 3. The second kappa shape index (κ2) is 15.4. The van der Waals surface area contributed by atoms with Crippen LogP contribution in [0.1, 0.15) is 44.5 Å². The SMILES string of the molecule is c1ccc(-c2ccc(-c3ccc(N(c4ccc5c(c4)Sc4ccccc4C54c5ccccc5-c5ccccc54)c4ccc5c(c4)C4(c6ccccc6Oc6ccccc64)c4ccccc4-5)cc3)cc2)cc1. The lowest BCUT2D eigenvalue weighted by molar-refractivity contribution is 0.436. The van der Waals surface area contributed by atoms with Gasteiger partial charge in [-0.1, -0.05) is 218 Å². The van der Waals surface area contributed by atoms with Gasteiger partial charge in [-0.2, -0.15) is 0 Å². The molecule has 0 saturated heterocycles. The molecule has 71 heavy (non-hydrogen) atoms. The number of fused-ring (bicyclic) bond motifs is 18. The summed E-state index contributed by atoms with van der Waals surface area (Å²) in [5.74, 6) is 1.78. The molecule has 2 nitrogen and oxygen atoms in total. The summed E-state index contributed by atoms with van der Waals surface area (Å²) >= 11 is 1.89. The van der Waals surface area contributed by atoms with E-state index in [0.29, 0.717) is 0 Å². The number of ether oxygens (including phenoxy) is 1. The van der Waals surface area contributed by atoms with Gasteiger partial charge in [0.15, 0.2) is 0 Å². The van der Waals surface area contributed by atoms with E-state index in [9.17, 15) is 0 Å². The van der Waals surface area contributed by atoms with Crippen molar-refractivity contribution in [1.29, 1.82) is 0 Å². The van der Waals surface area contributed by atoms with Gasteiger partial charge in [0, 0.05) is 38.0 Å². The van der Waals surface area contributed by atoms with Crippen molar-refractivity contribution < 1.29 is 4.74 Å². The topological polar surface area (TPSA) is 12.5 Å². The van der Waals surface area contributed by atoms with E-state index in [1.165, 1.54) is 87.7 Å². The third-order valence-corrected chi connectivity index (χ3v) is 16.8. The number of para-hydroxylation sites is 2. The highest BCUT2D eigenvalue weighted by Gasteiger charge is 2.52. The first kappa shape index (κ1) is 40.3. The van der Waals surface area contributed by atoms with E-state index in [1.807, 2.05) is 11.8 Å². The van der Waals surface area contributed by atoms with Crippen LogP contribution >= 0.6 is 11.8 Å². The lowest BCUT2D eigenvalue weighted by Gasteiger charge is -2.40. The fraction of sp³-hybridized carbons (Fsp3) is 0.0294. The van der Waals surface area contributed by atoms with Crippen LogP contribution in [0.25, 0.3) is 44.5 Å². The third-order valence-electron chi connectivity index (χ3n) is 15.6. The standard InChI is InChI=1S/C68H43NOS/c1-2-16-44(17-3-1)45-30-32-46(33-31-45)47-34-36-48(37-35-47)69(49-38-40-54-53-20-6-9-23-57(53)68(62(54)42-49)58-24-10-13-27-63(58)70-64-28-14-11-25-59(64)68)50-39-41-61-66(43-50)71-65-29-15-12-26-60(65)67(61)55-21-7-4-18-51(55)52-19-5-8-22-56(52)67/h1-43H. The van der Waals surface area contributed by atoms with Crippen LogP contribution in [0.15, 0.2) is 271 Å². The minimum atomic E-state index is -0.597.